The van der Waals surface area contributed by atoms with Crippen LogP contribution < -0.4 is 5.32 Å². The second-order valence-corrected chi connectivity index (χ2v) is 5.46. The number of nitrogens with zero attached hydrogens (tertiary/aromatic N) is 4. The molecule has 2 aromatic heterocycles. The van der Waals surface area contributed by atoms with Crippen LogP contribution in [0.3, 0.4) is 0 Å². The summed E-state index contributed by atoms with van der Waals surface area (Å²) in [7, 11) is 1.82. The Balaban J connectivity index is 1.77. The molecular formula is C15H21N5O2. The second-order valence-electron chi connectivity index (χ2n) is 5.46. The highest BCUT2D eigenvalue weighted by Gasteiger charge is 2.22. The van der Waals surface area contributed by atoms with E-state index in [1.165, 1.54) is 0 Å². The van der Waals surface area contributed by atoms with E-state index in [1.807, 2.05) is 24.7 Å². The van der Waals surface area contributed by atoms with E-state index in [9.17, 15) is 4.79 Å². The summed E-state index contributed by atoms with van der Waals surface area (Å²) in [6.07, 6.45) is 4.27. The predicted octanol–water partition coefficient (Wildman–Crippen LogP) is 1.78. The smallest absolute Gasteiger partial charge is 0.275 e. The van der Waals surface area contributed by atoms with E-state index in [4.69, 9.17) is 4.74 Å². The van der Waals surface area contributed by atoms with Gasteiger partial charge in [-0.05, 0) is 25.3 Å². The number of hydrogen-bond acceptors (Lipinski definition) is 4. The molecule has 0 bridgehead atoms. The first-order valence-electron chi connectivity index (χ1n) is 7.64. The van der Waals surface area contributed by atoms with Crippen LogP contribution in [0.1, 0.15) is 42.0 Å². The van der Waals surface area contributed by atoms with Crippen LogP contribution in [0, 0.1) is 0 Å². The lowest BCUT2D eigenvalue weighted by atomic mass is 10.1. The first kappa shape index (κ1) is 14.8. The van der Waals surface area contributed by atoms with Gasteiger partial charge in [-0.25, -0.2) is 0 Å². The molecule has 1 aliphatic heterocycles. The number of carbonyl (C=O) groups is 1. The monoisotopic (exact) mass is 303 g/mol. The Kier molecular flexibility index (Phi) is 4.24. The number of anilines is 1. The molecule has 0 radical (unpaired) electrons. The predicted molar refractivity (Wildman–Crippen MR) is 81.9 cm³/mol. The minimum absolute atomic E-state index is 0.158. The van der Waals surface area contributed by atoms with E-state index >= 15 is 0 Å². The van der Waals surface area contributed by atoms with Crippen molar-refractivity contribution in [3.8, 4) is 0 Å². The van der Waals surface area contributed by atoms with Crippen LogP contribution in [0.5, 0.6) is 0 Å². The SMILES string of the molecule is CCc1cc(NC(=O)c2ccnn2C2CCOCC2)n(C)n1. The molecule has 0 atom stereocenters. The molecule has 2 aromatic rings. The summed E-state index contributed by atoms with van der Waals surface area (Å²) >= 11 is 0. The molecule has 7 nitrogen and oxygen atoms in total. The van der Waals surface area contributed by atoms with Crippen molar-refractivity contribution in [2.75, 3.05) is 18.5 Å². The van der Waals surface area contributed by atoms with Crippen LogP contribution in [0.25, 0.3) is 0 Å². The number of nitrogens with one attached hydrogen (secondary N) is 1. The largest absolute Gasteiger partial charge is 0.381 e. The van der Waals surface area contributed by atoms with Gasteiger partial charge in [-0.3, -0.25) is 14.2 Å². The highest BCUT2D eigenvalue weighted by atomic mass is 16.5. The number of aryl methyl sites for hydroxylation is 2. The molecule has 0 unspecified atom stereocenters. The lowest BCUT2D eigenvalue weighted by molar-refractivity contribution is 0.0647. The summed E-state index contributed by atoms with van der Waals surface area (Å²) in [4.78, 5) is 12.5. The molecule has 0 spiro atoms. The standard InChI is InChI=1S/C15H21N5O2/c1-3-11-10-14(19(2)18-11)17-15(21)13-4-7-16-20(13)12-5-8-22-9-6-12/h4,7,10,12H,3,5-6,8-9H2,1-2H3,(H,17,21). The van der Waals surface area contributed by atoms with Crippen LogP contribution in [0.4, 0.5) is 5.82 Å². The van der Waals surface area contributed by atoms with E-state index < -0.39 is 0 Å². The van der Waals surface area contributed by atoms with Gasteiger partial charge >= 0.3 is 0 Å². The van der Waals surface area contributed by atoms with E-state index in [2.05, 4.69) is 15.5 Å². The van der Waals surface area contributed by atoms with E-state index in [1.54, 1.807) is 16.9 Å². The molecule has 1 N–H and O–H groups in total. The van der Waals surface area contributed by atoms with Crippen molar-refractivity contribution in [2.45, 2.75) is 32.2 Å². The Labute approximate surface area is 129 Å². The zero-order valence-electron chi connectivity index (χ0n) is 13.0. The quantitative estimate of drug-likeness (QED) is 0.934. The molecule has 7 heteroatoms. The molecule has 1 aliphatic rings. The van der Waals surface area contributed by atoms with Crippen LogP contribution in [0.2, 0.25) is 0 Å². The van der Waals surface area contributed by atoms with Crippen molar-refractivity contribution in [1.82, 2.24) is 19.6 Å². The van der Waals surface area contributed by atoms with Gasteiger partial charge in [-0.15, -0.1) is 0 Å². The lowest BCUT2D eigenvalue weighted by Crippen LogP contribution is -2.26. The fourth-order valence-corrected chi connectivity index (χ4v) is 2.71. The third kappa shape index (κ3) is 2.89. The average Bonchev–Trinajstić information content (AvgIpc) is 3.15. The van der Waals surface area contributed by atoms with E-state index in [0.717, 1.165) is 25.0 Å². The van der Waals surface area contributed by atoms with Crippen LogP contribution in [0.15, 0.2) is 18.3 Å². The Morgan fingerprint density at radius 1 is 1.45 bits per heavy atom. The van der Waals surface area contributed by atoms with Crippen LogP contribution in [-0.2, 0) is 18.2 Å². The van der Waals surface area contributed by atoms with Crippen molar-refractivity contribution in [3.05, 3.63) is 29.7 Å². The summed E-state index contributed by atoms with van der Waals surface area (Å²) in [5.74, 6) is 0.538. The minimum atomic E-state index is -0.158. The minimum Gasteiger partial charge on any atom is -0.381 e. The Morgan fingerprint density at radius 2 is 2.23 bits per heavy atom. The topological polar surface area (TPSA) is 74.0 Å². The second kappa shape index (κ2) is 6.31. The molecule has 0 aliphatic carbocycles. The molecule has 3 rings (SSSR count). The Hall–Kier alpha value is -2.15. The highest BCUT2D eigenvalue weighted by molar-refractivity contribution is 6.02. The average molecular weight is 303 g/mol. The normalized spacial score (nSPS) is 15.9. The molecule has 22 heavy (non-hydrogen) atoms. The molecule has 0 saturated carbocycles. The maximum Gasteiger partial charge on any atom is 0.275 e. The maximum atomic E-state index is 12.5. The van der Waals surface area contributed by atoms with Gasteiger partial charge < -0.3 is 10.1 Å². The zero-order valence-corrected chi connectivity index (χ0v) is 13.0. The summed E-state index contributed by atoms with van der Waals surface area (Å²) in [6, 6.07) is 3.87. The Morgan fingerprint density at radius 3 is 2.91 bits per heavy atom. The molecule has 1 amide bonds. The van der Waals surface area contributed by atoms with E-state index in [0.29, 0.717) is 24.7 Å². The van der Waals surface area contributed by atoms with Crippen molar-refractivity contribution < 1.29 is 9.53 Å². The number of amides is 1. The zero-order chi connectivity index (χ0) is 15.5. The third-order valence-electron chi connectivity index (χ3n) is 3.97. The number of rotatable bonds is 4. The Bertz CT molecular complexity index is 655. The van der Waals surface area contributed by atoms with Gasteiger partial charge in [0.25, 0.3) is 5.91 Å². The van der Waals surface area contributed by atoms with E-state index in [-0.39, 0.29) is 11.9 Å². The third-order valence-corrected chi connectivity index (χ3v) is 3.97. The van der Waals surface area contributed by atoms with Crippen LogP contribution >= 0.6 is 0 Å². The van der Waals surface area contributed by atoms with Gasteiger partial charge in [0.05, 0.1) is 11.7 Å². The van der Waals surface area contributed by atoms with Crippen molar-refractivity contribution in [3.63, 3.8) is 0 Å². The fraction of sp³-hybridized carbons (Fsp3) is 0.533. The number of aromatic nitrogens is 4. The lowest BCUT2D eigenvalue weighted by Gasteiger charge is -2.23. The first-order chi connectivity index (χ1) is 10.7. The van der Waals surface area contributed by atoms with Gasteiger partial charge in [-0.2, -0.15) is 10.2 Å². The maximum absolute atomic E-state index is 12.5. The van der Waals surface area contributed by atoms with Gasteiger partial charge in [-0.1, -0.05) is 6.92 Å². The first-order valence-corrected chi connectivity index (χ1v) is 7.64. The van der Waals surface area contributed by atoms with Gasteiger partial charge in [0.15, 0.2) is 0 Å². The number of carbonyl (C=O) groups excluding carboxylic acids is 1. The van der Waals surface area contributed by atoms with Gasteiger partial charge in [0.2, 0.25) is 0 Å². The molecule has 1 saturated heterocycles. The summed E-state index contributed by atoms with van der Waals surface area (Å²) in [5.41, 5.74) is 1.53. The number of ether oxygens (including phenoxy) is 1. The van der Waals surface area contributed by atoms with Gasteiger partial charge in [0.1, 0.15) is 11.5 Å². The number of hydrogen-bond donors (Lipinski definition) is 1. The molecule has 3 heterocycles. The molecule has 118 valence electrons. The molecule has 0 aromatic carbocycles. The fourth-order valence-electron chi connectivity index (χ4n) is 2.71. The van der Waals surface area contributed by atoms with Crippen LogP contribution in [-0.4, -0.2) is 38.7 Å². The van der Waals surface area contributed by atoms with Gasteiger partial charge in [0, 0.05) is 32.5 Å². The molecular weight excluding hydrogens is 282 g/mol. The summed E-state index contributed by atoms with van der Waals surface area (Å²) in [5, 5.41) is 11.6. The highest BCUT2D eigenvalue weighted by Crippen LogP contribution is 2.22. The van der Waals surface area contributed by atoms with Crippen molar-refractivity contribution in [2.24, 2.45) is 7.05 Å². The molecule has 1 fully saturated rings. The van der Waals surface area contributed by atoms with Crippen molar-refractivity contribution in [1.29, 1.82) is 0 Å². The summed E-state index contributed by atoms with van der Waals surface area (Å²) in [6.45, 7) is 3.47. The summed E-state index contributed by atoms with van der Waals surface area (Å²) < 4.78 is 8.87. The van der Waals surface area contributed by atoms with Crippen molar-refractivity contribution >= 4 is 11.7 Å².